The molecule has 0 radical (unpaired) electrons. The van der Waals surface area contributed by atoms with Crippen LogP contribution in [0, 0.1) is 13.8 Å². The molecule has 8 heteroatoms. The Hall–Kier alpha value is -3.03. The largest absolute Gasteiger partial charge is 0.483 e. The van der Waals surface area contributed by atoms with Crippen molar-refractivity contribution in [3.8, 4) is 5.75 Å². The van der Waals surface area contributed by atoms with Gasteiger partial charge in [0.25, 0.3) is 5.91 Å². The number of H-pyrrole nitrogens is 1. The lowest BCUT2D eigenvalue weighted by Crippen LogP contribution is -2.40. The first kappa shape index (κ1) is 20.7. The van der Waals surface area contributed by atoms with Gasteiger partial charge in [-0.3, -0.25) is 9.89 Å². The average molecular weight is 400 g/mol. The number of hydrogen-bond acceptors (Lipinski definition) is 5. The summed E-state index contributed by atoms with van der Waals surface area (Å²) in [5.74, 6) is 0.780. The molecule has 1 aliphatic heterocycles. The highest BCUT2D eigenvalue weighted by Gasteiger charge is 2.29. The maximum Gasteiger partial charge on any atom is 0.410 e. The third kappa shape index (κ3) is 5.28. The van der Waals surface area contributed by atoms with E-state index in [9.17, 15) is 9.59 Å². The third-order valence-electron chi connectivity index (χ3n) is 4.53. The number of aromatic amines is 1. The summed E-state index contributed by atoms with van der Waals surface area (Å²) in [5, 5.41) is 9.92. The van der Waals surface area contributed by atoms with Crippen LogP contribution in [0.3, 0.4) is 0 Å². The Bertz CT molecular complexity index is 914. The van der Waals surface area contributed by atoms with Crippen LogP contribution in [0.4, 0.5) is 10.6 Å². The molecule has 156 valence electrons. The van der Waals surface area contributed by atoms with Crippen molar-refractivity contribution in [1.82, 2.24) is 15.1 Å². The second-order valence-electron chi connectivity index (χ2n) is 8.29. The fourth-order valence-corrected chi connectivity index (χ4v) is 3.15. The van der Waals surface area contributed by atoms with Gasteiger partial charge in [-0.2, -0.15) is 5.10 Å². The molecule has 0 saturated carbocycles. The van der Waals surface area contributed by atoms with Crippen LogP contribution in [0.15, 0.2) is 18.2 Å². The van der Waals surface area contributed by atoms with Crippen molar-refractivity contribution in [1.29, 1.82) is 0 Å². The van der Waals surface area contributed by atoms with Crippen molar-refractivity contribution >= 4 is 17.8 Å². The van der Waals surface area contributed by atoms with Crippen LogP contribution in [0.1, 0.15) is 43.2 Å². The van der Waals surface area contributed by atoms with Gasteiger partial charge in [-0.1, -0.05) is 17.7 Å². The summed E-state index contributed by atoms with van der Waals surface area (Å²) in [6.45, 7) is 10.2. The topological polar surface area (TPSA) is 96.5 Å². The summed E-state index contributed by atoms with van der Waals surface area (Å²) in [6.07, 6.45) is 0.246. The second-order valence-corrected chi connectivity index (χ2v) is 8.29. The summed E-state index contributed by atoms with van der Waals surface area (Å²) in [5.41, 5.74) is 3.26. The molecule has 3 rings (SSSR count). The minimum Gasteiger partial charge on any atom is -0.483 e. The van der Waals surface area contributed by atoms with Gasteiger partial charge in [-0.15, -0.1) is 0 Å². The maximum absolute atomic E-state index is 12.4. The van der Waals surface area contributed by atoms with Gasteiger partial charge in [0, 0.05) is 24.2 Å². The van der Waals surface area contributed by atoms with Crippen LogP contribution in [0.2, 0.25) is 0 Å². The quantitative estimate of drug-likeness (QED) is 0.821. The molecule has 2 aromatic rings. The molecule has 0 unspecified atom stereocenters. The number of fused-ring (bicyclic) bond motifs is 1. The van der Waals surface area contributed by atoms with Gasteiger partial charge in [0.15, 0.2) is 12.4 Å². The summed E-state index contributed by atoms with van der Waals surface area (Å²) in [4.78, 5) is 26.3. The van der Waals surface area contributed by atoms with Crippen molar-refractivity contribution < 1.29 is 19.1 Å². The number of nitrogens with zero attached hydrogens (tertiary/aromatic N) is 2. The molecule has 29 heavy (non-hydrogen) atoms. The molecule has 1 aromatic carbocycles. The highest BCUT2D eigenvalue weighted by atomic mass is 16.6. The number of benzene rings is 1. The summed E-state index contributed by atoms with van der Waals surface area (Å²) >= 11 is 0. The van der Waals surface area contributed by atoms with Crippen LogP contribution in [-0.4, -0.2) is 45.9 Å². The standard InChI is InChI=1S/C21H28N4O4/c1-13-6-7-17(14(2)10-13)28-12-18(26)22-19-15-11-25(9-8-16(15)23-24-19)20(27)29-21(3,4)5/h6-7,10H,8-9,11-12H2,1-5H3,(H2,22,23,24,26). The van der Waals surface area contributed by atoms with E-state index in [-0.39, 0.29) is 18.6 Å². The number of ether oxygens (including phenoxy) is 2. The smallest absolute Gasteiger partial charge is 0.410 e. The Labute approximate surface area is 170 Å². The van der Waals surface area contributed by atoms with E-state index in [1.54, 1.807) is 4.90 Å². The zero-order valence-electron chi connectivity index (χ0n) is 17.6. The van der Waals surface area contributed by atoms with E-state index in [4.69, 9.17) is 9.47 Å². The van der Waals surface area contributed by atoms with E-state index in [0.717, 1.165) is 22.4 Å². The van der Waals surface area contributed by atoms with Gasteiger partial charge in [0.2, 0.25) is 0 Å². The molecule has 0 atom stereocenters. The minimum absolute atomic E-state index is 0.124. The van der Waals surface area contributed by atoms with Crippen LogP contribution >= 0.6 is 0 Å². The molecule has 0 spiro atoms. The zero-order valence-corrected chi connectivity index (χ0v) is 17.6. The number of hydrogen-bond donors (Lipinski definition) is 2. The van der Waals surface area contributed by atoms with Gasteiger partial charge in [-0.05, 0) is 46.2 Å². The normalized spacial score (nSPS) is 13.6. The van der Waals surface area contributed by atoms with Gasteiger partial charge in [0.1, 0.15) is 11.4 Å². The minimum atomic E-state index is -0.559. The molecule has 0 fully saturated rings. The van der Waals surface area contributed by atoms with Crippen molar-refractivity contribution in [3.05, 3.63) is 40.6 Å². The molecule has 0 saturated heterocycles. The van der Waals surface area contributed by atoms with Gasteiger partial charge in [0.05, 0.1) is 6.54 Å². The highest BCUT2D eigenvalue weighted by Crippen LogP contribution is 2.25. The van der Waals surface area contributed by atoms with Crippen molar-refractivity contribution in [2.45, 2.75) is 53.2 Å². The van der Waals surface area contributed by atoms with E-state index >= 15 is 0 Å². The van der Waals surface area contributed by atoms with E-state index in [2.05, 4.69) is 15.5 Å². The Morgan fingerprint density at radius 1 is 1.28 bits per heavy atom. The number of anilines is 1. The lowest BCUT2D eigenvalue weighted by molar-refractivity contribution is -0.118. The second kappa shape index (κ2) is 8.14. The van der Waals surface area contributed by atoms with Gasteiger partial charge in [-0.25, -0.2) is 4.79 Å². The lowest BCUT2D eigenvalue weighted by atomic mass is 10.1. The average Bonchev–Trinajstić information content (AvgIpc) is 3.01. The molecule has 8 nitrogen and oxygen atoms in total. The monoisotopic (exact) mass is 400 g/mol. The molecule has 1 aromatic heterocycles. The SMILES string of the molecule is Cc1ccc(OCC(=O)Nc2n[nH]c3c2CN(C(=O)OC(C)(C)C)CC3)c(C)c1. The predicted octanol–water partition coefficient (Wildman–Crippen LogP) is 3.34. The number of aryl methyl sites for hydroxylation is 2. The summed E-state index contributed by atoms with van der Waals surface area (Å²) in [6, 6.07) is 5.80. The Morgan fingerprint density at radius 2 is 2.03 bits per heavy atom. The number of nitrogens with one attached hydrogen (secondary N) is 2. The number of carbonyl (C=O) groups is 2. The summed E-state index contributed by atoms with van der Waals surface area (Å²) < 4.78 is 11.1. The molecule has 2 amide bonds. The fraction of sp³-hybridized carbons (Fsp3) is 0.476. The first-order valence-corrected chi connectivity index (χ1v) is 9.66. The Kier molecular flexibility index (Phi) is 5.81. The number of rotatable bonds is 4. The van der Waals surface area contributed by atoms with Crippen LogP contribution in [-0.2, 0) is 22.5 Å². The first-order valence-electron chi connectivity index (χ1n) is 9.66. The molecule has 0 bridgehead atoms. The molecular formula is C21H28N4O4. The van der Waals surface area contributed by atoms with E-state index < -0.39 is 5.60 Å². The Balaban J connectivity index is 1.61. The lowest BCUT2D eigenvalue weighted by Gasteiger charge is -2.30. The first-order chi connectivity index (χ1) is 13.6. The van der Waals surface area contributed by atoms with Crippen LogP contribution in [0.25, 0.3) is 0 Å². The number of aromatic nitrogens is 2. The molecule has 0 aliphatic carbocycles. The number of carbonyl (C=O) groups excluding carboxylic acids is 2. The molecule has 2 N–H and O–H groups in total. The van der Waals surface area contributed by atoms with Crippen LogP contribution < -0.4 is 10.1 Å². The van der Waals surface area contributed by atoms with Crippen LogP contribution in [0.5, 0.6) is 5.75 Å². The molecular weight excluding hydrogens is 372 g/mol. The van der Waals surface area contributed by atoms with E-state index in [1.165, 1.54) is 0 Å². The number of amides is 2. The fourth-order valence-electron chi connectivity index (χ4n) is 3.15. The van der Waals surface area contributed by atoms with Crippen molar-refractivity contribution in [3.63, 3.8) is 0 Å². The molecule has 1 aliphatic rings. The van der Waals surface area contributed by atoms with Crippen molar-refractivity contribution in [2.75, 3.05) is 18.5 Å². The third-order valence-corrected chi connectivity index (χ3v) is 4.53. The predicted molar refractivity (Wildman–Crippen MR) is 109 cm³/mol. The van der Waals surface area contributed by atoms with Crippen molar-refractivity contribution in [2.24, 2.45) is 0 Å². The highest BCUT2D eigenvalue weighted by molar-refractivity contribution is 5.91. The Morgan fingerprint density at radius 3 is 2.72 bits per heavy atom. The van der Waals surface area contributed by atoms with E-state index in [1.807, 2.05) is 52.8 Å². The molecule has 2 heterocycles. The van der Waals surface area contributed by atoms with E-state index in [0.29, 0.717) is 31.1 Å². The maximum atomic E-state index is 12.4. The van der Waals surface area contributed by atoms with Gasteiger partial charge < -0.3 is 19.7 Å². The summed E-state index contributed by atoms with van der Waals surface area (Å²) in [7, 11) is 0. The zero-order chi connectivity index (χ0) is 21.2. The van der Waals surface area contributed by atoms with Gasteiger partial charge >= 0.3 is 6.09 Å².